The Hall–Kier alpha value is -2.44. The Morgan fingerprint density at radius 2 is 2.20 bits per heavy atom. The van der Waals surface area contributed by atoms with Crippen molar-refractivity contribution >= 4 is 5.91 Å². The third-order valence-corrected chi connectivity index (χ3v) is 4.74. The summed E-state index contributed by atoms with van der Waals surface area (Å²) in [6, 6.07) is 7.33. The summed E-state index contributed by atoms with van der Waals surface area (Å²) in [5.74, 6) is -3.24. The number of aromatic nitrogens is 2. The van der Waals surface area contributed by atoms with Crippen LogP contribution in [0.25, 0.3) is 5.69 Å². The molecule has 3 rings (SSSR count). The number of para-hydroxylation sites is 2. The predicted molar refractivity (Wildman–Crippen MR) is 89.5 cm³/mol. The molecule has 1 saturated carbocycles. The molecule has 0 saturated heterocycles. The molecule has 0 spiro atoms. The number of benzene rings is 1. The fourth-order valence-electron chi connectivity index (χ4n) is 3.24. The molecule has 1 aliphatic carbocycles. The summed E-state index contributed by atoms with van der Waals surface area (Å²) in [5.41, 5.74) is 1.70. The summed E-state index contributed by atoms with van der Waals surface area (Å²) in [6.07, 6.45) is 2.28. The number of carbonyl (C=O) groups excluding carboxylic acids is 1. The number of hydrogen-bond acceptors (Lipinski definition) is 3. The van der Waals surface area contributed by atoms with Gasteiger partial charge in [0, 0.05) is 18.9 Å². The zero-order chi connectivity index (χ0) is 18.0. The van der Waals surface area contributed by atoms with Gasteiger partial charge in [0.05, 0.1) is 24.6 Å². The highest BCUT2D eigenvalue weighted by molar-refractivity contribution is 5.95. The van der Waals surface area contributed by atoms with Crippen LogP contribution in [0.1, 0.15) is 35.3 Å². The Morgan fingerprint density at radius 1 is 1.44 bits per heavy atom. The van der Waals surface area contributed by atoms with E-state index in [-0.39, 0.29) is 18.9 Å². The molecule has 1 aromatic heterocycles. The molecule has 1 amide bonds. The van der Waals surface area contributed by atoms with E-state index in [0.717, 1.165) is 0 Å². The van der Waals surface area contributed by atoms with Crippen LogP contribution < -0.4 is 10.1 Å². The minimum atomic E-state index is -2.69. The van der Waals surface area contributed by atoms with Crippen molar-refractivity contribution < 1.29 is 18.3 Å². The average Bonchev–Trinajstić information content (AvgIpc) is 3.14. The van der Waals surface area contributed by atoms with Gasteiger partial charge in [0.15, 0.2) is 0 Å². The van der Waals surface area contributed by atoms with Gasteiger partial charge in [-0.05, 0) is 31.9 Å². The van der Waals surface area contributed by atoms with Crippen LogP contribution in [-0.4, -0.2) is 35.3 Å². The smallest absolute Gasteiger partial charge is 0.254 e. The van der Waals surface area contributed by atoms with Crippen LogP contribution in [0.2, 0.25) is 0 Å². The van der Waals surface area contributed by atoms with E-state index in [0.29, 0.717) is 35.5 Å². The van der Waals surface area contributed by atoms with Gasteiger partial charge in [-0.25, -0.2) is 13.5 Å². The molecule has 7 heteroatoms. The Morgan fingerprint density at radius 3 is 2.88 bits per heavy atom. The Kier molecular flexibility index (Phi) is 4.74. The molecule has 1 atom stereocenters. The fraction of sp³-hybridized carbons (Fsp3) is 0.444. The standard InChI is InChI=1S/C18H21F2N3O2/c1-12-14(17(24)21-10-13-6-5-9-18(13,19)20)11-22-23(12)15-7-3-4-8-16(15)25-2/h3-4,7-8,11,13H,5-6,9-10H2,1-2H3,(H,21,24). The summed E-state index contributed by atoms with van der Waals surface area (Å²) in [5, 5.41) is 6.88. The largest absolute Gasteiger partial charge is 0.494 e. The first-order valence-corrected chi connectivity index (χ1v) is 8.28. The van der Waals surface area contributed by atoms with Crippen LogP contribution in [0.3, 0.4) is 0 Å². The molecule has 1 heterocycles. The van der Waals surface area contributed by atoms with E-state index in [1.165, 1.54) is 6.20 Å². The summed E-state index contributed by atoms with van der Waals surface area (Å²) in [4.78, 5) is 12.4. The maximum Gasteiger partial charge on any atom is 0.254 e. The molecular weight excluding hydrogens is 328 g/mol. The number of carbonyl (C=O) groups is 1. The number of hydrogen-bond donors (Lipinski definition) is 1. The fourth-order valence-corrected chi connectivity index (χ4v) is 3.24. The van der Waals surface area contributed by atoms with Gasteiger partial charge >= 0.3 is 0 Å². The second kappa shape index (κ2) is 6.82. The topological polar surface area (TPSA) is 56.2 Å². The van der Waals surface area contributed by atoms with Crippen LogP contribution in [0, 0.1) is 12.8 Å². The maximum absolute atomic E-state index is 13.7. The first kappa shape index (κ1) is 17.4. The molecule has 1 aromatic carbocycles. The SMILES string of the molecule is COc1ccccc1-n1ncc(C(=O)NCC2CCCC2(F)F)c1C. The number of halogens is 2. The summed E-state index contributed by atoms with van der Waals surface area (Å²) in [7, 11) is 1.56. The Balaban J connectivity index is 1.76. The number of rotatable bonds is 5. The molecule has 2 aromatic rings. The number of methoxy groups -OCH3 is 1. The van der Waals surface area contributed by atoms with E-state index in [2.05, 4.69) is 10.4 Å². The van der Waals surface area contributed by atoms with Crippen molar-refractivity contribution in [1.82, 2.24) is 15.1 Å². The minimum absolute atomic E-state index is 0.0227. The van der Waals surface area contributed by atoms with Crippen LogP contribution >= 0.6 is 0 Å². The third kappa shape index (κ3) is 3.36. The van der Waals surface area contributed by atoms with Crippen molar-refractivity contribution in [3.05, 3.63) is 41.7 Å². The van der Waals surface area contributed by atoms with Gasteiger partial charge in [-0.15, -0.1) is 0 Å². The van der Waals surface area contributed by atoms with E-state index in [4.69, 9.17) is 4.74 Å². The van der Waals surface area contributed by atoms with Gasteiger partial charge < -0.3 is 10.1 Å². The molecule has 25 heavy (non-hydrogen) atoms. The lowest BCUT2D eigenvalue weighted by Gasteiger charge is -2.19. The predicted octanol–water partition coefficient (Wildman–Crippen LogP) is 3.35. The third-order valence-electron chi connectivity index (χ3n) is 4.74. The summed E-state index contributed by atoms with van der Waals surface area (Å²) < 4.78 is 34.3. The van der Waals surface area contributed by atoms with Crippen LogP contribution in [0.4, 0.5) is 8.78 Å². The normalized spacial score (nSPS) is 19.0. The van der Waals surface area contributed by atoms with Gasteiger partial charge in [-0.2, -0.15) is 5.10 Å². The van der Waals surface area contributed by atoms with E-state index in [1.54, 1.807) is 24.8 Å². The van der Waals surface area contributed by atoms with Gasteiger partial charge in [0.2, 0.25) is 0 Å². The van der Waals surface area contributed by atoms with Crippen LogP contribution in [0.5, 0.6) is 5.75 Å². The van der Waals surface area contributed by atoms with Crippen molar-refractivity contribution in [3.8, 4) is 11.4 Å². The first-order valence-electron chi connectivity index (χ1n) is 8.28. The minimum Gasteiger partial charge on any atom is -0.494 e. The molecule has 1 fully saturated rings. The molecule has 5 nitrogen and oxygen atoms in total. The lowest BCUT2D eigenvalue weighted by molar-refractivity contribution is -0.0352. The number of nitrogens with zero attached hydrogens (tertiary/aromatic N) is 2. The zero-order valence-corrected chi connectivity index (χ0v) is 14.3. The summed E-state index contributed by atoms with van der Waals surface area (Å²) >= 11 is 0. The Labute approximate surface area is 145 Å². The van der Waals surface area contributed by atoms with Crippen molar-refractivity contribution in [3.63, 3.8) is 0 Å². The number of amides is 1. The van der Waals surface area contributed by atoms with Crippen LogP contribution in [0.15, 0.2) is 30.5 Å². The van der Waals surface area contributed by atoms with Gasteiger partial charge in [0.25, 0.3) is 11.8 Å². The van der Waals surface area contributed by atoms with E-state index >= 15 is 0 Å². The van der Waals surface area contributed by atoms with Crippen molar-refractivity contribution in [2.45, 2.75) is 32.1 Å². The second-order valence-electron chi connectivity index (χ2n) is 6.29. The molecule has 0 aliphatic heterocycles. The lowest BCUT2D eigenvalue weighted by Crippen LogP contribution is -2.35. The molecular formula is C18H21F2N3O2. The van der Waals surface area contributed by atoms with Gasteiger partial charge in [0.1, 0.15) is 11.4 Å². The molecule has 0 radical (unpaired) electrons. The van der Waals surface area contributed by atoms with Crippen molar-refractivity contribution in [2.75, 3.05) is 13.7 Å². The molecule has 134 valence electrons. The number of alkyl halides is 2. The highest BCUT2D eigenvalue weighted by atomic mass is 19.3. The highest BCUT2D eigenvalue weighted by Crippen LogP contribution is 2.39. The van der Waals surface area contributed by atoms with Crippen molar-refractivity contribution in [2.24, 2.45) is 5.92 Å². The van der Waals surface area contributed by atoms with E-state index < -0.39 is 11.8 Å². The van der Waals surface area contributed by atoms with Crippen LogP contribution in [-0.2, 0) is 0 Å². The highest BCUT2D eigenvalue weighted by Gasteiger charge is 2.43. The number of nitrogens with one attached hydrogen (secondary N) is 1. The Bertz CT molecular complexity index is 773. The molecule has 1 unspecified atom stereocenters. The lowest BCUT2D eigenvalue weighted by atomic mass is 10.1. The van der Waals surface area contributed by atoms with Gasteiger partial charge in [-0.3, -0.25) is 4.79 Å². The molecule has 1 aliphatic rings. The number of ether oxygens (including phenoxy) is 1. The first-order chi connectivity index (χ1) is 11.9. The van der Waals surface area contributed by atoms with Crippen molar-refractivity contribution in [1.29, 1.82) is 0 Å². The monoisotopic (exact) mass is 349 g/mol. The maximum atomic E-state index is 13.7. The quantitative estimate of drug-likeness (QED) is 0.901. The average molecular weight is 349 g/mol. The van der Waals surface area contributed by atoms with E-state index in [9.17, 15) is 13.6 Å². The molecule has 1 N–H and O–H groups in total. The summed E-state index contributed by atoms with van der Waals surface area (Å²) in [6.45, 7) is 1.74. The van der Waals surface area contributed by atoms with E-state index in [1.807, 2.05) is 18.2 Å². The molecule has 0 bridgehead atoms. The van der Waals surface area contributed by atoms with Gasteiger partial charge in [-0.1, -0.05) is 12.1 Å². The second-order valence-corrected chi connectivity index (χ2v) is 6.29. The zero-order valence-electron chi connectivity index (χ0n) is 14.3.